The van der Waals surface area contributed by atoms with Gasteiger partial charge < -0.3 is 10.2 Å². The molecule has 2 nitrogen and oxygen atoms in total. The van der Waals surface area contributed by atoms with E-state index in [-0.39, 0.29) is 5.82 Å². The molecular formula is C15H23FN2. The summed E-state index contributed by atoms with van der Waals surface area (Å²) < 4.78 is 13.2. The summed E-state index contributed by atoms with van der Waals surface area (Å²) in [6.45, 7) is 8.34. The zero-order chi connectivity index (χ0) is 13.2. The third-order valence-corrected chi connectivity index (χ3v) is 3.78. The van der Waals surface area contributed by atoms with Gasteiger partial charge in [-0.1, -0.05) is 19.1 Å². The Balaban J connectivity index is 1.94. The maximum Gasteiger partial charge on any atom is 0.126 e. The summed E-state index contributed by atoms with van der Waals surface area (Å²) >= 11 is 0. The summed E-state index contributed by atoms with van der Waals surface area (Å²) in [5.74, 6) is -0.117. The van der Waals surface area contributed by atoms with Crippen LogP contribution in [0, 0.1) is 18.2 Å². The predicted molar refractivity (Wildman–Crippen MR) is 73.1 cm³/mol. The summed E-state index contributed by atoms with van der Waals surface area (Å²) in [5.41, 5.74) is 2.30. The van der Waals surface area contributed by atoms with Crippen molar-refractivity contribution in [3.8, 4) is 0 Å². The number of nitrogens with zero attached hydrogens (tertiary/aromatic N) is 1. The quantitative estimate of drug-likeness (QED) is 0.883. The molecule has 2 rings (SSSR count). The Labute approximate surface area is 109 Å². The van der Waals surface area contributed by atoms with Crippen LogP contribution in [-0.4, -0.2) is 31.6 Å². The minimum atomic E-state index is -0.117. The lowest BCUT2D eigenvalue weighted by atomic mass is 9.89. The van der Waals surface area contributed by atoms with Crippen LogP contribution in [0.3, 0.4) is 0 Å². The lowest BCUT2D eigenvalue weighted by Crippen LogP contribution is -2.34. The summed E-state index contributed by atoms with van der Waals surface area (Å²) in [6.07, 6.45) is 1.24. The molecular weight excluding hydrogens is 227 g/mol. The average molecular weight is 250 g/mol. The first-order chi connectivity index (χ1) is 8.48. The van der Waals surface area contributed by atoms with Gasteiger partial charge in [-0.25, -0.2) is 4.39 Å². The van der Waals surface area contributed by atoms with E-state index < -0.39 is 0 Å². The normalized spacial score (nSPS) is 23.8. The van der Waals surface area contributed by atoms with Crippen LogP contribution in [0.25, 0.3) is 0 Å². The molecule has 0 spiro atoms. The summed E-state index contributed by atoms with van der Waals surface area (Å²) in [5, 5.41) is 3.42. The van der Waals surface area contributed by atoms with Crippen molar-refractivity contribution in [2.45, 2.75) is 26.8 Å². The second kappa shape index (κ2) is 5.37. The molecule has 0 bridgehead atoms. The van der Waals surface area contributed by atoms with Gasteiger partial charge in [-0.3, -0.25) is 0 Å². The second-order valence-corrected chi connectivity index (χ2v) is 5.99. The lowest BCUT2D eigenvalue weighted by molar-refractivity contribution is 0.203. The highest BCUT2D eigenvalue weighted by Crippen LogP contribution is 2.25. The third-order valence-electron chi connectivity index (χ3n) is 3.78. The van der Waals surface area contributed by atoms with Gasteiger partial charge in [0.25, 0.3) is 0 Å². The fraction of sp³-hybridized carbons (Fsp3) is 0.600. The van der Waals surface area contributed by atoms with Crippen LogP contribution in [0.2, 0.25) is 0 Å². The standard InChI is InChI=1S/C15H23FN2/c1-12-8-13(4-5-14(12)16)9-18(3)11-15(2)6-7-17-10-15/h4-5,8,17H,6-7,9-11H2,1-3H3. The van der Waals surface area contributed by atoms with Gasteiger partial charge in [-0.2, -0.15) is 0 Å². The molecule has 1 aromatic carbocycles. The van der Waals surface area contributed by atoms with Gasteiger partial charge in [0, 0.05) is 19.6 Å². The Morgan fingerprint density at radius 1 is 1.44 bits per heavy atom. The van der Waals surface area contributed by atoms with Gasteiger partial charge >= 0.3 is 0 Å². The lowest BCUT2D eigenvalue weighted by Gasteiger charge is -2.29. The minimum absolute atomic E-state index is 0.117. The van der Waals surface area contributed by atoms with E-state index in [1.54, 1.807) is 6.07 Å². The molecule has 0 aliphatic carbocycles. The Morgan fingerprint density at radius 3 is 2.83 bits per heavy atom. The van der Waals surface area contributed by atoms with Gasteiger partial charge in [0.05, 0.1) is 0 Å². The molecule has 1 saturated heterocycles. The molecule has 1 atom stereocenters. The summed E-state index contributed by atoms with van der Waals surface area (Å²) in [6, 6.07) is 5.40. The highest BCUT2D eigenvalue weighted by molar-refractivity contribution is 5.23. The van der Waals surface area contributed by atoms with Crippen LogP contribution in [0.1, 0.15) is 24.5 Å². The van der Waals surface area contributed by atoms with Crippen LogP contribution in [0.15, 0.2) is 18.2 Å². The molecule has 0 saturated carbocycles. The van der Waals surface area contributed by atoms with Crippen molar-refractivity contribution in [2.24, 2.45) is 5.41 Å². The number of halogens is 1. The maximum atomic E-state index is 13.2. The van der Waals surface area contributed by atoms with Crippen molar-refractivity contribution in [1.29, 1.82) is 0 Å². The third kappa shape index (κ3) is 3.30. The fourth-order valence-electron chi connectivity index (χ4n) is 2.83. The molecule has 0 radical (unpaired) electrons. The van der Waals surface area contributed by atoms with Gasteiger partial charge in [0.2, 0.25) is 0 Å². The van der Waals surface area contributed by atoms with E-state index in [0.29, 0.717) is 5.41 Å². The second-order valence-electron chi connectivity index (χ2n) is 5.99. The van der Waals surface area contributed by atoms with E-state index in [9.17, 15) is 4.39 Å². The molecule has 3 heteroatoms. The van der Waals surface area contributed by atoms with E-state index >= 15 is 0 Å². The number of nitrogens with one attached hydrogen (secondary N) is 1. The van der Waals surface area contributed by atoms with Crippen molar-refractivity contribution in [3.63, 3.8) is 0 Å². The van der Waals surface area contributed by atoms with Crippen molar-refractivity contribution < 1.29 is 4.39 Å². The Bertz CT molecular complexity index is 411. The first-order valence-electron chi connectivity index (χ1n) is 6.63. The van der Waals surface area contributed by atoms with Crippen molar-refractivity contribution in [2.75, 3.05) is 26.7 Å². The number of hydrogen-bond acceptors (Lipinski definition) is 2. The number of benzene rings is 1. The van der Waals surface area contributed by atoms with Crippen molar-refractivity contribution in [1.82, 2.24) is 10.2 Å². The van der Waals surface area contributed by atoms with Crippen LogP contribution in [-0.2, 0) is 6.54 Å². The Morgan fingerprint density at radius 2 is 2.22 bits per heavy atom. The zero-order valence-corrected chi connectivity index (χ0v) is 11.6. The van der Waals surface area contributed by atoms with Crippen LogP contribution in [0.5, 0.6) is 0 Å². The molecule has 0 amide bonds. The van der Waals surface area contributed by atoms with Gasteiger partial charge in [0.1, 0.15) is 5.82 Å². The number of aryl methyl sites for hydroxylation is 1. The minimum Gasteiger partial charge on any atom is -0.316 e. The topological polar surface area (TPSA) is 15.3 Å². The predicted octanol–water partition coefficient (Wildman–Crippen LogP) is 2.57. The first kappa shape index (κ1) is 13.5. The molecule has 18 heavy (non-hydrogen) atoms. The molecule has 1 aliphatic rings. The van der Waals surface area contributed by atoms with Crippen molar-refractivity contribution in [3.05, 3.63) is 35.1 Å². The fourth-order valence-corrected chi connectivity index (χ4v) is 2.83. The molecule has 0 aromatic heterocycles. The van der Waals surface area contributed by atoms with Crippen molar-refractivity contribution >= 4 is 0 Å². The van der Waals surface area contributed by atoms with E-state index in [1.165, 1.54) is 12.0 Å². The average Bonchev–Trinajstić information content (AvgIpc) is 2.70. The number of hydrogen-bond donors (Lipinski definition) is 1. The molecule has 1 unspecified atom stereocenters. The highest BCUT2D eigenvalue weighted by Gasteiger charge is 2.29. The molecule has 1 N–H and O–H groups in total. The molecule has 100 valence electrons. The highest BCUT2D eigenvalue weighted by atomic mass is 19.1. The molecule has 1 aromatic rings. The summed E-state index contributed by atoms with van der Waals surface area (Å²) in [7, 11) is 2.14. The maximum absolute atomic E-state index is 13.2. The monoisotopic (exact) mass is 250 g/mol. The summed E-state index contributed by atoms with van der Waals surface area (Å²) in [4.78, 5) is 2.33. The van der Waals surface area contributed by atoms with Crippen LogP contribution >= 0.6 is 0 Å². The van der Waals surface area contributed by atoms with E-state index in [2.05, 4.69) is 24.2 Å². The van der Waals surface area contributed by atoms with Crippen LogP contribution in [0.4, 0.5) is 4.39 Å². The van der Waals surface area contributed by atoms with Gasteiger partial charge in [-0.05, 0) is 49.5 Å². The molecule has 1 aliphatic heterocycles. The molecule has 1 heterocycles. The Hall–Kier alpha value is -0.930. The van der Waals surface area contributed by atoms with Gasteiger partial charge in [-0.15, -0.1) is 0 Å². The molecule has 1 fully saturated rings. The largest absolute Gasteiger partial charge is 0.316 e. The smallest absolute Gasteiger partial charge is 0.126 e. The zero-order valence-electron chi connectivity index (χ0n) is 11.6. The van der Waals surface area contributed by atoms with Gasteiger partial charge in [0.15, 0.2) is 0 Å². The van der Waals surface area contributed by atoms with E-state index in [0.717, 1.165) is 31.7 Å². The Kier molecular flexibility index (Phi) is 4.03. The number of rotatable bonds is 4. The first-order valence-corrected chi connectivity index (χ1v) is 6.63. The van der Waals surface area contributed by atoms with Crippen LogP contribution < -0.4 is 5.32 Å². The SMILES string of the molecule is Cc1cc(CN(C)CC2(C)CCNC2)ccc1F. The van der Waals surface area contributed by atoms with E-state index in [1.807, 2.05) is 19.1 Å². The van der Waals surface area contributed by atoms with E-state index in [4.69, 9.17) is 0 Å².